The van der Waals surface area contributed by atoms with Crippen molar-refractivity contribution in [2.45, 2.75) is 148 Å². The molecule has 0 saturated carbocycles. The minimum absolute atomic E-state index is 0.00341. The monoisotopic (exact) mass is 527 g/mol. The molecular weight excluding hydrogens is 470 g/mol. The van der Waals surface area contributed by atoms with Crippen molar-refractivity contribution in [2.24, 2.45) is 0 Å². The van der Waals surface area contributed by atoms with E-state index in [2.05, 4.69) is 12.2 Å². The maximum Gasteiger partial charge on any atom is 0.326 e. The zero-order chi connectivity index (χ0) is 27.4. The molecule has 1 atom stereocenters. The first kappa shape index (κ1) is 35.5. The van der Waals surface area contributed by atoms with E-state index < -0.39 is 12.0 Å². The summed E-state index contributed by atoms with van der Waals surface area (Å²) < 4.78 is 10.6. The van der Waals surface area contributed by atoms with Gasteiger partial charge in [0.2, 0.25) is 5.91 Å². The summed E-state index contributed by atoms with van der Waals surface area (Å²) in [4.78, 5) is 35.7. The van der Waals surface area contributed by atoms with Crippen molar-refractivity contribution in [1.82, 2.24) is 5.32 Å². The molecule has 0 unspecified atom stereocenters. The summed E-state index contributed by atoms with van der Waals surface area (Å²) in [5.41, 5.74) is 0. The van der Waals surface area contributed by atoms with Crippen LogP contribution in [0.5, 0.6) is 0 Å². The van der Waals surface area contributed by atoms with Crippen LogP contribution in [0.1, 0.15) is 142 Å². The standard InChI is InChI=1S/C30H57NO6/c1-3-5-6-7-8-9-10-11-12-13-14-15-16-17-18-21-29(33)31-28(30(34)35)23-22-27(32)20-19-24-37-26-25-36-4-2/h28H,3-26H2,1-2H3,(H,31,33)(H,34,35)/t28-/m0/s1. The molecule has 0 aliphatic carbocycles. The van der Waals surface area contributed by atoms with Gasteiger partial charge in [-0.1, -0.05) is 96.8 Å². The highest BCUT2D eigenvalue weighted by atomic mass is 16.5. The second-order valence-electron chi connectivity index (χ2n) is 10.1. The zero-order valence-corrected chi connectivity index (χ0v) is 24.0. The first-order chi connectivity index (χ1) is 18.0. The molecule has 1 amide bonds. The average Bonchev–Trinajstić information content (AvgIpc) is 2.88. The molecule has 0 spiro atoms. The third-order valence-electron chi connectivity index (χ3n) is 6.67. The Morgan fingerprint density at radius 3 is 1.65 bits per heavy atom. The van der Waals surface area contributed by atoms with Crippen molar-refractivity contribution < 1.29 is 29.0 Å². The van der Waals surface area contributed by atoms with Crippen LogP contribution in [0.25, 0.3) is 0 Å². The van der Waals surface area contributed by atoms with E-state index in [0.717, 1.165) is 19.3 Å². The number of hydrogen-bond acceptors (Lipinski definition) is 5. The van der Waals surface area contributed by atoms with Crippen LogP contribution in [-0.4, -0.2) is 55.2 Å². The number of amides is 1. The first-order valence-electron chi connectivity index (χ1n) is 15.2. The third kappa shape index (κ3) is 25.9. The Morgan fingerprint density at radius 1 is 0.622 bits per heavy atom. The van der Waals surface area contributed by atoms with E-state index in [0.29, 0.717) is 45.7 Å². The van der Waals surface area contributed by atoms with E-state index in [9.17, 15) is 19.5 Å². The van der Waals surface area contributed by atoms with Gasteiger partial charge in [-0.05, 0) is 26.2 Å². The number of nitrogens with one attached hydrogen (secondary N) is 1. The normalized spacial score (nSPS) is 11.9. The van der Waals surface area contributed by atoms with Crippen LogP contribution in [0.3, 0.4) is 0 Å². The molecule has 2 N–H and O–H groups in total. The summed E-state index contributed by atoms with van der Waals surface area (Å²) in [5, 5.41) is 12.0. The summed E-state index contributed by atoms with van der Waals surface area (Å²) >= 11 is 0. The van der Waals surface area contributed by atoms with Crippen molar-refractivity contribution >= 4 is 17.7 Å². The smallest absolute Gasteiger partial charge is 0.326 e. The Bertz CT molecular complexity index is 554. The van der Waals surface area contributed by atoms with Crippen molar-refractivity contribution in [2.75, 3.05) is 26.4 Å². The fraction of sp³-hybridized carbons (Fsp3) is 0.900. The summed E-state index contributed by atoms with van der Waals surface area (Å²) in [6.45, 7) is 6.37. The average molecular weight is 528 g/mol. The topological polar surface area (TPSA) is 102 Å². The molecule has 0 aromatic heterocycles. The lowest BCUT2D eigenvalue weighted by molar-refractivity contribution is -0.142. The molecule has 0 heterocycles. The number of carbonyl (C=O) groups excluding carboxylic acids is 2. The van der Waals surface area contributed by atoms with Crippen molar-refractivity contribution in [3.05, 3.63) is 0 Å². The van der Waals surface area contributed by atoms with Crippen LogP contribution in [0.4, 0.5) is 0 Å². The van der Waals surface area contributed by atoms with Gasteiger partial charge in [0, 0.05) is 32.5 Å². The number of rotatable bonds is 29. The Morgan fingerprint density at radius 2 is 1.14 bits per heavy atom. The number of ether oxygens (including phenoxy) is 2. The maximum absolute atomic E-state index is 12.2. The lowest BCUT2D eigenvalue weighted by atomic mass is 10.0. The van der Waals surface area contributed by atoms with Gasteiger partial charge in [-0.15, -0.1) is 0 Å². The van der Waals surface area contributed by atoms with E-state index in [1.54, 1.807) is 0 Å². The van der Waals surface area contributed by atoms with Gasteiger partial charge in [0.05, 0.1) is 13.2 Å². The van der Waals surface area contributed by atoms with E-state index in [-0.39, 0.29) is 24.5 Å². The Balaban J connectivity index is 3.66. The van der Waals surface area contributed by atoms with Gasteiger partial charge >= 0.3 is 5.97 Å². The second-order valence-corrected chi connectivity index (χ2v) is 10.1. The number of unbranched alkanes of at least 4 members (excludes halogenated alkanes) is 14. The fourth-order valence-corrected chi connectivity index (χ4v) is 4.35. The van der Waals surface area contributed by atoms with E-state index >= 15 is 0 Å². The van der Waals surface area contributed by atoms with E-state index in [1.807, 2.05) is 6.92 Å². The summed E-state index contributed by atoms with van der Waals surface area (Å²) in [6, 6.07) is -1.00. The number of Topliss-reactive ketones (excluding diaryl/α,β-unsaturated/α-hetero) is 1. The maximum atomic E-state index is 12.2. The molecule has 0 radical (unpaired) electrons. The van der Waals surface area contributed by atoms with Gasteiger partial charge in [-0.25, -0.2) is 4.79 Å². The predicted molar refractivity (Wildman–Crippen MR) is 150 cm³/mol. The Kier molecular flexibility index (Phi) is 26.5. The highest BCUT2D eigenvalue weighted by molar-refractivity contribution is 5.84. The van der Waals surface area contributed by atoms with Crippen LogP contribution >= 0.6 is 0 Å². The number of carboxylic acid groups (broad SMARTS) is 1. The Hall–Kier alpha value is -1.47. The van der Waals surface area contributed by atoms with Gasteiger partial charge in [0.25, 0.3) is 0 Å². The SMILES string of the molecule is CCCCCCCCCCCCCCCCCC(=O)N[C@@H](CCC(=O)CCCOCCOCC)C(=O)O. The molecule has 7 nitrogen and oxygen atoms in total. The fourth-order valence-electron chi connectivity index (χ4n) is 4.35. The van der Waals surface area contributed by atoms with Gasteiger partial charge in [0.15, 0.2) is 0 Å². The van der Waals surface area contributed by atoms with Crippen molar-refractivity contribution in [3.63, 3.8) is 0 Å². The molecule has 0 aromatic rings. The molecular formula is C30H57NO6. The lowest BCUT2D eigenvalue weighted by Gasteiger charge is -2.14. The number of carbonyl (C=O) groups is 3. The third-order valence-corrected chi connectivity index (χ3v) is 6.67. The number of carboxylic acids is 1. The quantitative estimate of drug-likeness (QED) is 0.102. The van der Waals surface area contributed by atoms with Crippen molar-refractivity contribution in [3.8, 4) is 0 Å². The molecule has 0 fully saturated rings. The lowest BCUT2D eigenvalue weighted by Crippen LogP contribution is -2.41. The number of ketones is 1. The van der Waals surface area contributed by atoms with Gasteiger partial charge in [0.1, 0.15) is 11.8 Å². The highest BCUT2D eigenvalue weighted by Gasteiger charge is 2.20. The highest BCUT2D eigenvalue weighted by Crippen LogP contribution is 2.14. The van der Waals surface area contributed by atoms with Crippen LogP contribution in [0, 0.1) is 0 Å². The van der Waals surface area contributed by atoms with E-state index in [4.69, 9.17) is 9.47 Å². The van der Waals surface area contributed by atoms with Crippen LogP contribution in [0.2, 0.25) is 0 Å². The minimum Gasteiger partial charge on any atom is -0.480 e. The van der Waals surface area contributed by atoms with Gasteiger partial charge in [-0.2, -0.15) is 0 Å². The molecule has 7 heteroatoms. The number of aliphatic carboxylic acids is 1. The molecule has 37 heavy (non-hydrogen) atoms. The predicted octanol–water partition coefficient (Wildman–Crippen LogP) is 7.00. The van der Waals surface area contributed by atoms with Crippen LogP contribution in [0.15, 0.2) is 0 Å². The zero-order valence-electron chi connectivity index (χ0n) is 24.0. The first-order valence-corrected chi connectivity index (χ1v) is 15.2. The summed E-state index contributed by atoms with van der Waals surface area (Å²) in [7, 11) is 0. The molecule has 0 bridgehead atoms. The van der Waals surface area contributed by atoms with Crippen molar-refractivity contribution in [1.29, 1.82) is 0 Å². The molecule has 0 rings (SSSR count). The van der Waals surface area contributed by atoms with Gasteiger partial charge in [-0.3, -0.25) is 9.59 Å². The summed E-state index contributed by atoms with van der Waals surface area (Å²) in [5.74, 6) is -1.33. The van der Waals surface area contributed by atoms with Gasteiger partial charge < -0.3 is 19.9 Å². The molecule has 0 saturated heterocycles. The van der Waals surface area contributed by atoms with Crippen LogP contribution < -0.4 is 5.32 Å². The largest absolute Gasteiger partial charge is 0.480 e. The molecule has 0 aromatic carbocycles. The molecule has 218 valence electrons. The van der Waals surface area contributed by atoms with E-state index in [1.165, 1.54) is 77.0 Å². The van der Waals surface area contributed by atoms with Crippen LogP contribution in [-0.2, 0) is 23.9 Å². The summed E-state index contributed by atoms with van der Waals surface area (Å²) in [6.07, 6.45) is 20.6. The molecule has 0 aliphatic heterocycles. The Labute approximate surface area is 226 Å². The second kappa shape index (κ2) is 27.6. The molecule has 0 aliphatic rings. The minimum atomic E-state index is -1.09. The number of hydrogen-bond donors (Lipinski definition) is 2.